The number of nitrogens with one attached hydrogen (secondary N) is 2. The van der Waals surface area contributed by atoms with Crippen LogP contribution in [-0.4, -0.2) is 24.4 Å². The SMILES string of the molecule is NC(=O)c1cc2c(cc1O)NCc1cncc(c1)C/C=C/Cc1cccc(c1)NS2(=O)=O. The molecular weight excluding hydrogens is 428 g/mol. The summed E-state index contributed by atoms with van der Waals surface area (Å²) < 4.78 is 29.0. The van der Waals surface area contributed by atoms with Gasteiger partial charge in [0.15, 0.2) is 0 Å². The Balaban J connectivity index is 1.84. The van der Waals surface area contributed by atoms with Gasteiger partial charge in [-0.3, -0.25) is 14.5 Å². The highest BCUT2D eigenvalue weighted by atomic mass is 32.2. The molecule has 2 aromatic carbocycles. The van der Waals surface area contributed by atoms with Gasteiger partial charge < -0.3 is 16.2 Å². The molecule has 2 heterocycles. The van der Waals surface area contributed by atoms with Crippen molar-refractivity contribution in [3.63, 3.8) is 0 Å². The Labute approximate surface area is 185 Å². The van der Waals surface area contributed by atoms with Crippen molar-refractivity contribution in [1.82, 2.24) is 4.98 Å². The molecule has 0 aliphatic carbocycles. The molecule has 9 heteroatoms. The van der Waals surface area contributed by atoms with E-state index in [0.717, 1.165) is 22.8 Å². The first-order valence-electron chi connectivity index (χ1n) is 9.92. The number of phenols is 1. The van der Waals surface area contributed by atoms with E-state index in [1.165, 1.54) is 6.07 Å². The maximum absolute atomic E-state index is 13.2. The lowest BCUT2D eigenvalue weighted by atomic mass is 10.1. The fourth-order valence-corrected chi connectivity index (χ4v) is 4.72. The topological polar surface area (TPSA) is 134 Å². The predicted octanol–water partition coefficient (Wildman–Crippen LogP) is 2.95. The van der Waals surface area contributed by atoms with Crippen LogP contribution in [0, 0.1) is 0 Å². The van der Waals surface area contributed by atoms with Gasteiger partial charge in [-0.2, -0.15) is 0 Å². The zero-order chi connectivity index (χ0) is 22.7. The molecule has 0 saturated heterocycles. The van der Waals surface area contributed by atoms with Crippen molar-refractivity contribution in [1.29, 1.82) is 0 Å². The summed E-state index contributed by atoms with van der Waals surface area (Å²) in [6, 6.07) is 11.3. The third-order valence-electron chi connectivity index (χ3n) is 5.04. The first kappa shape index (κ1) is 21.4. The predicted molar refractivity (Wildman–Crippen MR) is 122 cm³/mol. The molecule has 32 heavy (non-hydrogen) atoms. The van der Waals surface area contributed by atoms with Crippen LogP contribution in [0.25, 0.3) is 0 Å². The molecule has 0 saturated carbocycles. The molecule has 1 amide bonds. The van der Waals surface area contributed by atoms with Crippen LogP contribution < -0.4 is 15.8 Å². The summed E-state index contributed by atoms with van der Waals surface area (Å²) >= 11 is 0. The van der Waals surface area contributed by atoms with Gasteiger partial charge in [0.05, 0.1) is 11.3 Å². The third kappa shape index (κ3) is 4.73. The number of rotatable bonds is 1. The number of nitrogens with zero attached hydrogens (tertiary/aromatic N) is 1. The van der Waals surface area contributed by atoms with Gasteiger partial charge in [0.1, 0.15) is 10.6 Å². The standard InChI is InChI=1S/C23H22N4O4S/c24-23(29)19-10-22-20(11-21(19)28)26-14-17-8-16(12-25-13-17)5-2-1-4-15-6-3-7-18(9-15)27-32(22,30)31/h1-3,6-13,26-28H,4-5,14H2,(H2,24,29)/b2-1+. The van der Waals surface area contributed by atoms with Crippen molar-refractivity contribution in [3.8, 4) is 5.75 Å². The number of pyridine rings is 1. The Morgan fingerprint density at radius 2 is 1.75 bits per heavy atom. The largest absolute Gasteiger partial charge is 0.507 e. The molecule has 0 unspecified atom stereocenters. The van der Waals surface area contributed by atoms with Gasteiger partial charge in [0.2, 0.25) is 0 Å². The lowest BCUT2D eigenvalue weighted by Gasteiger charge is -2.16. The summed E-state index contributed by atoms with van der Waals surface area (Å²) in [7, 11) is -4.11. The number of benzene rings is 2. The molecule has 0 fully saturated rings. The van der Waals surface area contributed by atoms with Crippen LogP contribution in [0.3, 0.4) is 0 Å². The van der Waals surface area contributed by atoms with E-state index < -0.39 is 21.7 Å². The minimum Gasteiger partial charge on any atom is -0.507 e. The van der Waals surface area contributed by atoms with Gasteiger partial charge >= 0.3 is 0 Å². The van der Waals surface area contributed by atoms with Gasteiger partial charge in [-0.05, 0) is 47.7 Å². The van der Waals surface area contributed by atoms with Gasteiger partial charge in [-0.25, -0.2) is 8.42 Å². The molecule has 1 aliphatic rings. The summed E-state index contributed by atoms with van der Waals surface area (Å²) in [5.41, 5.74) is 8.34. The number of carbonyl (C=O) groups is 1. The molecule has 4 bridgehead atoms. The van der Waals surface area contributed by atoms with Crippen LogP contribution in [0.4, 0.5) is 11.4 Å². The fourth-order valence-electron chi connectivity index (χ4n) is 3.48. The van der Waals surface area contributed by atoms with Gasteiger partial charge in [0, 0.05) is 30.7 Å². The van der Waals surface area contributed by atoms with Crippen molar-refractivity contribution < 1.29 is 18.3 Å². The Morgan fingerprint density at radius 1 is 1.00 bits per heavy atom. The van der Waals surface area contributed by atoms with E-state index in [2.05, 4.69) is 21.1 Å². The lowest BCUT2D eigenvalue weighted by Crippen LogP contribution is -2.18. The fraction of sp³-hybridized carbons (Fsp3) is 0.130. The summed E-state index contributed by atoms with van der Waals surface area (Å²) in [6.07, 6.45) is 8.90. The molecule has 1 aromatic heterocycles. The molecular formula is C23H22N4O4S. The number of amides is 1. The van der Waals surface area contributed by atoms with Crippen LogP contribution in [0.15, 0.2) is 71.9 Å². The number of allylic oxidation sites excluding steroid dienone is 2. The number of anilines is 2. The van der Waals surface area contributed by atoms with Crippen molar-refractivity contribution in [3.05, 3.63) is 89.3 Å². The zero-order valence-corrected chi connectivity index (χ0v) is 17.9. The molecule has 1 aliphatic heterocycles. The van der Waals surface area contributed by atoms with Crippen molar-refractivity contribution in [2.24, 2.45) is 5.73 Å². The maximum atomic E-state index is 13.2. The van der Waals surface area contributed by atoms with Crippen LogP contribution in [0.2, 0.25) is 0 Å². The number of nitrogens with two attached hydrogens (primary N) is 1. The second-order valence-corrected chi connectivity index (χ2v) is 9.12. The second-order valence-electron chi connectivity index (χ2n) is 7.47. The normalized spacial score (nSPS) is 16.1. The number of aromatic nitrogens is 1. The number of primary amides is 1. The highest BCUT2D eigenvalue weighted by Crippen LogP contribution is 2.31. The van der Waals surface area contributed by atoms with Crippen molar-refractivity contribution in [2.45, 2.75) is 24.3 Å². The van der Waals surface area contributed by atoms with Crippen LogP contribution in [0.1, 0.15) is 27.0 Å². The molecule has 5 N–H and O–H groups in total. The second kappa shape index (κ2) is 8.72. The minimum absolute atomic E-state index is 0.133. The summed E-state index contributed by atoms with van der Waals surface area (Å²) in [6.45, 7) is 0.262. The molecule has 164 valence electrons. The first-order valence-corrected chi connectivity index (χ1v) is 11.4. The monoisotopic (exact) mass is 450 g/mol. The van der Waals surface area contributed by atoms with Crippen molar-refractivity contribution >= 4 is 27.3 Å². The lowest BCUT2D eigenvalue weighted by molar-refractivity contribution is 0.0997. The number of sulfonamides is 1. The Hall–Kier alpha value is -3.85. The minimum atomic E-state index is -4.11. The van der Waals surface area contributed by atoms with E-state index in [0.29, 0.717) is 18.5 Å². The number of hydrogen-bond acceptors (Lipinski definition) is 6. The molecule has 3 aromatic rings. The maximum Gasteiger partial charge on any atom is 0.263 e. The molecule has 4 rings (SSSR count). The van der Waals surface area contributed by atoms with E-state index in [4.69, 9.17) is 5.73 Å². The van der Waals surface area contributed by atoms with E-state index in [1.54, 1.807) is 30.6 Å². The quantitative estimate of drug-likeness (QED) is 0.421. The summed E-state index contributed by atoms with van der Waals surface area (Å²) in [5, 5.41) is 13.3. The molecule has 8 nitrogen and oxygen atoms in total. The summed E-state index contributed by atoms with van der Waals surface area (Å²) in [4.78, 5) is 15.8. The van der Waals surface area contributed by atoms with E-state index in [1.807, 2.05) is 18.2 Å². The average molecular weight is 451 g/mol. The summed E-state index contributed by atoms with van der Waals surface area (Å²) in [5.74, 6) is -1.34. The van der Waals surface area contributed by atoms with Crippen LogP contribution >= 0.6 is 0 Å². The number of carbonyl (C=O) groups excluding carboxylic acids is 1. The van der Waals surface area contributed by atoms with Gasteiger partial charge in [-0.1, -0.05) is 30.4 Å². The van der Waals surface area contributed by atoms with E-state index in [-0.39, 0.29) is 22.7 Å². The molecule has 0 atom stereocenters. The number of aromatic hydroxyl groups is 1. The smallest absolute Gasteiger partial charge is 0.263 e. The Bertz CT molecular complexity index is 1320. The third-order valence-corrected chi connectivity index (χ3v) is 6.46. The van der Waals surface area contributed by atoms with Gasteiger partial charge in [-0.15, -0.1) is 0 Å². The van der Waals surface area contributed by atoms with E-state index >= 15 is 0 Å². The Kier molecular flexibility index (Phi) is 5.83. The van der Waals surface area contributed by atoms with E-state index in [9.17, 15) is 18.3 Å². The number of fused-ring (bicyclic) bond motifs is 5. The molecule has 0 radical (unpaired) electrons. The zero-order valence-electron chi connectivity index (χ0n) is 17.1. The van der Waals surface area contributed by atoms with Crippen molar-refractivity contribution in [2.75, 3.05) is 10.0 Å². The average Bonchev–Trinajstić information content (AvgIpc) is 2.74. The first-order chi connectivity index (χ1) is 15.3. The highest BCUT2D eigenvalue weighted by Gasteiger charge is 2.23. The van der Waals surface area contributed by atoms with Crippen LogP contribution in [0.5, 0.6) is 5.75 Å². The Morgan fingerprint density at radius 3 is 2.53 bits per heavy atom. The number of hydrogen-bond donors (Lipinski definition) is 4. The van der Waals surface area contributed by atoms with Gasteiger partial charge in [0.25, 0.3) is 15.9 Å². The highest BCUT2D eigenvalue weighted by molar-refractivity contribution is 7.92. The molecule has 0 spiro atoms. The van der Waals surface area contributed by atoms with Crippen LogP contribution in [-0.2, 0) is 29.4 Å².